The molecule has 0 aliphatic carbocycles. The Morgan fingerprint density at radius 2 is 2.27 bits per heavy atom. The summed E-state index contributed by atoms with van der Waals surface area (Å²) >= 11 is 0. The lowest BCUT2D eigenvalue weighted by Crippen LogP contribution is -2.50. The summed E-state index contributed by atoms with van der Waals surface area (Å²) in [6.07, 6.45) is -0.252. The second-order valence-corrected chi connectivity index (χ2v) is 7.39. The first-order chi connectivity index (χ1) is 10.4. The van der Waals surface area contributed by atoms with E-state index in [1.54, 1.807) is 13.0 Å². The molecule has 0 aromatic carbocycles. The Balaban J connectivity index is 2.12. The van der Waals surface area contributed by atoms with Gasteiger partial charge >= 0.3 is 0 Å². The molecule has 122 valence electrons. The van der Waals surface area contributed by atoms with Crippen LogP contribution in [0.1, 0.15) is 31.0 Å². The van der Waals surface area contributed by atoms with Gasteiger partial charge in [-0.05, 0) is 26.0 Å². The summed E-state index contributed by atoms with van der Waals surface area (Å²) in [5.41, 5.74) is 0. The summed E-state index contributed by atoms with van der Waals surface area (Å²) in [7, 11) is -2.12. The van der Waals surface area contributed by atoms with E-state index in [9.17, 15) is 8.42 Å². The van der Waals surface area contributed by atoms with Crippen molar-refractivity contribution in [3.05, 3.63) is 23.7 Å². The van der Waals surface area contributed by atoms with Crippen LogP contribution in [0.3, 0.4) is 0 Å². The van der Waals surface area contributed by atoms with Crippen molar-refractivity contribution in [1.82, 2.24) is 8.61 Å². The van der Waals surface area contributed by atoms with Crippen molar-refractivity contribution in [2.75, 3.05) is 26.7 Å². The van der Waals surface area contributed by atoms with Crippen LogP contribution in [0.5, 0.6) is 0 Å². The minimum absolute atomic E-state index is 0.154. The maximum Gasteiger partial charge on any atom is 0.282 e. The van der Waals surface area contributed by atoms with Crippen LogP contribution in [0.25, 0.3) is 0 Å². The monoisotopic (exact) mass is 327 g/mol. The summed E-state index contributed by atoms with van der Waals surface area (Å²) in [6.45, 7) is 4.36. The molecule has 0 amide bonds. The highest BCUT2D eigenvalue weighted by molar-refractivity contribution is 7.86. The van der Waals surface area contributed by atoms with Crippen molar-refractivity contribution >= 4 is 10.2 Å². The van der Waals surface area contributed by atoms with E-state index in [-0.39, 0.29) is 19.0 Å². The number of morpholine rings is 1. The highest BCUT2D eigenvalue weighted by Crippen LogP contribution is 2.26. The Bertz CT molecular complexity index is 649. The zero-order chi connectivity index (χ0) is 16.3. The number of furan rings is 1. The lowest BCUT2D eigenvalue weighted by atomic mass is 10.2. The third kappa shape index (κ3) is 3.50. The first kappa shape index (κ1) is 17.0. The molecule has 2 atom stereocenters. The zero-order valence-electron chi connectivity index (χ0n) is 13.0. The molecule has 2 rings (SSSR count). The zero-order valence-corrected chi connectivity index (χ0v) is 13.8. The second kappa shape index (κ2) is 6.79. The summed E-state index contributed by atoms with van der Waals surface area (Å²) in [5.74, 6) is 1.39. The fourth-order valence-corrected chi connectivity index (χ4v) is 3.83. The average Bonchev–Trinajstić information content (AvgIpc) is 2.93. The number of nitrogens with zero attached hydrogens (tertiary/aromatic N) is 3. The van der Waals surface area contributed by atoms with E-state index in [4.69, 9.17) is 14.4 Å². The molecule has 1 aromatic heterocycles. The van der Waals surface area contributed by atoms with Gasteiger partial charge < -0.3 is 9.15 Å². The summed E-state index contributed by atoms with van der Waals surface area (Å²) < 4.78 is 39.1. The Kier molecular flexibility index (Phi) is 5.24. The standard InChI is InChI=1S/C14H21N3O4S/c1-11(6-7-15)16(3)22(18,19)17-8-9-20-14(10-17)13-5-4-12(2)21-13/h4-5,11,14H,6,8-10H2,1-3H3/t11-,14-/m1/s1. The topological polar surface area (TPSA) is 86.8 Å². The minimum Gasteiger partial charge on any atom is -0.464 e. The molecule has 1 saturated heterocycles. The Morgan fingerprint density at radius 1 is 1.55 bits per heavy atom. The molecule has 0 spiro atoms. The third-order valence-corrected chi connectivity index (χ3v) is 5.88. The van der Waals surface area contributed by atoms with Crippen LogP contribution < -0.4 is 0 Å². The van der Waals surface area contributed by atoms with Gasteiger partial charge in [-0.1, -0.05) is 0 Å². The summed E-state index contributed by atoms with van der Waals surface area (Å²) in [4.78, 5) is 0. The van der Waals surface area contributed by atoms with Crippen LogP contribution >= 0.6 is 0 Å². The van der Waals surface area contributed by atoms with E-state index in [1.165, 1.54) is 15.7 Å². The molecule has 0 N–H and O–H groups in total. The quantitative estimate of drug-likeness (QED) is 0.816. The van der Waals surface area contributed by atoms with Gasteiger partial charge in [-0.15, -0.1) is 0 Å². The van der Waals surface area contributed by atoms with Gasteiger partial charge in [0.25, 0.3) is 10.2 Å². The first-order valence-corrected chi connectivity index (χ1v) is 8.54. The van der Waals surface area contributed by atoms with Gasteiger partial charge in [0.2, 0.25) is 0 Å². The molecule has 1 aliphatic heterocycles. The lowest BCUT2D eigenvalue weighted by molar-refractivity contribution is -0.0162. The molecule has 7 nitrogen and oxygen atoms in total. The van der Waals surface area contributed by atoms with E-state index >= 15 is 0 Å². The molecule has 2 heterocycles. The van der Waals surface area contributed by atoms with Crippen LogP contribution in [-0.4, -0.2) is 49.8 Å². The van der Waals surface area contributed by atoms with Crippen LogP contribution in [0.15, 0.2) is 16.5 Å². The molecule has 0 saturated carbocycles. The largest absolute Gasteiger partial charge is 0.464 e. The van der Waals surface area contributed by atoms with Crippen molar-refractivity contribution in [1.29, 1.82) is 5.26 Å². The van der Waals surface area contributed by atoms with Gasteiger partial charge in [0.05, 0.1) is 19.1 Å². The first-order valence-electron chi connectivity index (χ1n) is 7.14. The lowest BCUT2D eigenvalue weighted by Gasteiger charge is -2.35. The highest BCUT2D eigenvalue weighted by atomic mass is 32.2. The molecule has 0 radical (unpaired) electrons. The SMILES string of the molecule is Cc1ccc([C@H]2CN(S(=O)(=O)N(C)[C@H](C)CC#N)CCO2)o1. The minimum atomic E-state index is -3.62. The van der Waals surface area contributed by atoms with E-state index in [0.717, 1.165) is 5.76 Å². The fourth-order valence-electron chi connectivity index (χ4n) is 2.30. The van der Waals surface area contributed by atoms with Crippen LogP contribution in [0, 0.1) is 18.3 Å². The Hall–Kier alpha value is -1.40. The number of rotatable bonds is 5. The predicted molar refractivity (Wildman–Crippen MR) is 80.1 cm³/mol. The smallest absolute Gasteiger partial charge is 0.282 e. The Labute approximate surface area is 131 Å². The van der Waals surface area contributed by atoms with E-state index in [2.05, 4.69) is 0 Å². The van der Waals surface area contributed by atoms with Crippen molar-refractivity contribution < 1.29 is 17.6 Å². The number of ether oxygens (including phenoxy) is 1. The van der Waals surface area contributed by atoms with Gasteiger partial charge in [0.15, 0.2) is 0 Å². The van der Waals surface area contributed by atoms with Crippen LogP contribution in [0.4, 0.5) is 0 Å². The van der Waals surface area contributed by atoms with Crippen molar-refractivity contribution in [2.24, 2.45) is 0 Å². The third-order valence-electron chi connectivity index (χ3n) is 3.81. The number of nitriles is 1. The van der Waals surface area contributed by atoms with E-state index < -0.39 is 16.3 Å². The maximum atomic E-state index is 12.6. The van der Waals surface area contributed by atoms with Crippen LogP contribution in [-0.2, 0) is 14.9 Å². The molecule has 0 bridgehead atoms. The molecular weight excluding hydrogens is 306 g/mol. The van der Waals surface area contributed by atoms with E-state index in [1.807, 2.05) is 19.1 Å². The Morgan fingerprint density at radius 3 is 2.86 bits per heavy atom. The van der Waals surface area contributed by atoms with Crippen molar-refractivity contribution in [3.63, 3.8) is 0 Å². The number of aryl methyl sites for hydroxylation is 1. The maximum absolute atomic E-state index is 12.6. The molecule has 8 heteroatoms. The second-order valence-electron chi connectivity index (χ2n) is 5.40. The molecule has 0 unspecified atom stereocenters. The predicted octanol–water partition coefficient (Wildman–Crippen LogP) is 1.44. The van der Waals surface area contributed by atoms with Crippen molar-refractivity contribution in [2.45, 2.75) is 32.4 Å². The van der Waals surface area contributed by atoms with Gasteiger partial charge in [-0.2, -0.15) is 22.3 Å². The molecule has 22 heavy (non-hydrogen) atoms. The number of hydrogen-bond acceptors (Lipinski definition) is 5. The number of hydrogen-bond donors (Lipinski definition) is 0. The van der Waals surface area contributed by atoms with Gasteiger partial charge in [-0.25, -0.2) is 0 Å². The summed E-state index contributed by atoms with van der Waals surface area (Å²) in [6, 6.07) is 5.25. The van der Waals surface area contributed by atoms with E-state index in [0.29, 0.717) is 18.9 Å². The van der Waals surface area contributed by atoms with Crippen LogP contribution in [0.2, 0.25) is 0 Å². The molecule has 1 aromatic rings. The van der Waals surface area contributed by atoms with Gasteiger partial charge in [-0.3, -0.25) is 0 Å². The summed E-state index contributed by atoms with van der Waals surface area (Å²) in [5, 5.41) is 8.74. The van der Waals surface area contributed by atoms with Gasteiger partial charge in [0, 0.05) is 26.2 Å². The average molecular weight is 327 g/mol. The fraction of sp³-hybridized carbons (Fsp3) is 0.643. The highest BCUT2D eigenvalue weighted by Gasteiger charge is 2.35. The molecule has 1 aliphatic rings. The molecular formula is C14H21N3O4S. The molecule has 1 fully saturated rings. The van der Waals surface area contributed by atoms with Gasteiger partial charge in [0.1, 0.15) is 17.6 Å². The van der Waals surface area contributed by atoms with Crippen molar-refractivity contribution in [3.8, 4) is 6.07 Å². The normalized spacial score (nSPS) is 21.7.